The number of hydrogen-bond acceptors (Lipinski definition) is 1. The maximum absolute atomic E-state index is 5.95. The van der Waals surface area contributed by atoms with Gasteiger partial charge in [-0.3, -0.25) is 0 Å². The minimum Gasteiger partial charge on any atom is -0.165 e. The molecule has 1 aromatic rings. The first-order valence-corrected chi connectivity index (χ1v) is 7.36. The molecule has 0 saturated heterocycles. The van der Waals surface area contributed by atoms with E-state index >= 15 is 0 Å². The summed E-state index contributed by atoms with van der Waals surface area (Å²) in [6, 6.07) is 8.05. The predicted octanol–water partition coefficient (Wildman–Crippen LogP) is 4.49. The van der Waals surface area contributed by atoms with Gasteiger partial charge in [-0.15, -0.1) is 11.6 Å². The molecule has 0 N–H and O–H groups in total. The van der Waals surface area contributed by atoms with Crippen molar-refractivity contribution in [1.82, 2.24) is 0 Å². The van der Waals surface area contributed by atoms with Crippen LogP contribution >= 0.6 is 35.0 Å². The van der Waals surface area contributed by atoms with Gasteiger partial charge in [-0.2, -0.15) is 11.8 Å². The van der Waals surface area contributed by atoms with E-state index in [1.807, 2.05) is 23.9 Å². The fourth-order valence-corrected chi connectivity index (χ4v) is 2.43. The van der Waals surface area contributed by atoms with Gasteiger partial charge in [0.15, 0.2) is 0 Å². The molecule has 0 radical (unpaired) electrons. The van der Waals surface area contributed by atoms with Crippen LogP contribution in [-0.4, -0.2) is 17.9 Å². The zero-order chi connectivity index (χ0) is 11.1. The van der Waals surface area contributed by atoms with Crippen molar-refractivity contribution in [3.05, 3.63) is 34.9 Å². The monoisotopic (exact) mass is 262 g/mol. The second kappa shape index (κ2) is 7.43. The van der Waals surface area contributed by atoms with Crippen LogP contribution in [0.4, 0.5) is 0 Å². The Kier molecular flexibility index (Phi) is 6.54. The Balaban J connectivity index is 2.47. The van der Waals surface area contributed by atoms with Crippen molar-refractivity contribution in [1.29, 1.82) is 0 Å². The molecule has 0 aliphatic heterocycles. The van der Waals surface area contributed by atoms with E-state index in [9.17, 15) is 0 Å². The highest BCUT2D eigenvalue weighted by atomic mass is 35.5. The van der Waals surface area contributed by atoms with Crippen LogP contribution < -0.4 is 0 Å². The van der Waals surface area contributed by atoms with E-state index in [0.717, 1.165) is 17.3 Å². The molecule has 84 valence electrons. The molecule has 1 rings (SSSR count). The van der Waals surface area contributed by atoms with Gasteiger partial charge in [0.2, 0.25) is 0 Å². The van der Waals surface area contributed by atoms with Crippen LogP contribution in [0.2, 0.25) is 5.02 Å². The van der Waals surface area contributed by atoms with Crippen molar-refractivity contribution in [2.75, 3.05) is 17.9 Å². The molecular formula is C12H16Cl2S. The second-order valence-corrected chi connectivity index (χ2v) is 5.36. The largest absolute Gasteiger partial charge is 0.165 e. The molecule has 0 heterocycles. The Morgan fingerprint density at radius 3 is 2.47 bits per heavy atom. The van der Waals surface area contributed by atoms with Crippen molar-refractivity contribution in [2.24, 2.45) is 5.92 Å². The minimum absolute atomic E-state index is 0.584. The summed E-state index contributed by atoms with van der Waals surface area (Å²) in [4.78, 5) is 0. The SMILES string of the molecule is CSCCC(CCl)Cc1ccc(Cl)cc1. The van der Waals surface area contributed by atoms with Crippen LogP contribution in [0.1, 0.15) is 12.0 Å². The summed E-state index contributed by atoms with van der Waals surface area (Å²) in [5.74, 6) is 2.51. The predicted molar refractivity (Wildman–Crippen MR) is 72.4 cm³/mol. The molecule has 0 amide bonds. The molecule has 0 saturated carbocycles. The van der Waals surface area contributed by atoms with Crippen LogP contribution in [0.15, 0.2) is 24.3 Å². The molecule has 15 heavy (non-hydrogen) atoms. The molecule has 0 fully saturated rings. The van der Waals surface area contributed by atoms with Gasteiger partial charge >= 0.3 is 0 Å². The summed E-state index contributed by atoms with van der Waals surface area (Å²) in [6.07, 6.45) is 4.38. The number of rotatable bonds is 6. The van der Waals surface area contributed by atoms with Crippen LogP contribution in [0.5, 0.6) is 0 Å². The standard InChI is InChI=1S/C12H16Cl2S/c1-15-7-6-11(9-13)8-10-2-4-12(14)5-3-10/h2-5,11H,6-9H2,1H3. The molecule has 0 spiro atoms. The Morgan fingerprint density at radius 2 is 1.93 bits per heavy atom. The summed E-state index contributed by atoms with van der Waals surface area (Å²) in [5, 5.41) is 0.797. The summed E-state index contributed by atoms with van der Waals surface area (Å²) in [7, 11) is 0. The number of thioether (sulfide) groups is 1. The highest BCUT2D eigenvalue weighted by molar-refractivity contribution is 7.98. The van der Waals surface area contributed by atoms with Crippen LogP contribution in [0.25, 0.3) is 0 Å². The van der Waals surface area contributed by atoms with Crippen molar-refractivity contribution < 1.29 is 0 Å². The van der Waals surface area contributed by atoms with E-state index in [4.69, 9.17) is 23.2 Å². The number of benzene rings is 1. The molecule has 1 unspecified atom stereocenters. The Labute approximate surface area is 106 Å². The highest BCUT2D eigenvalue weighted by Gasteiger charge is 2.07. The average molecular weight is 263 g/mol. The van der Waals surface area contributed by atoms with Crippen molar-refractivity contribution in [3.63, 3.8) is 0 Å². The lowest BCUT2D eigenvalue weighted by atomic mass is 9.99. The summed E-state index contributed by atoms with van der Waals surface area (Å²) < 4.78 is 0. The quantitative estimate of drug-likeness (QED) is 0.681. The molecule has 1 atom stereocenters. The van der Waals surface area contributed by atoms with Crippen molar-refractivity contribution >= 4 is 35.0 Å². The molecule has 0 aliphatic rings. The van der Waals surface area contributed by atoms with E-state index in [0.29, 0.717) is 5.92 Å². The van der Waals surface area contributed by atoms with Crippen molar-refractivity contribution in [3.8, 4) is 0 Å². The molecule has 0 aromatic heterocycles. The van der Waals surface area contributed by atoms with Gasteiger partial charge in [-0.05, 0) is 48.5 Å². The third kappa shape index (κ3) is 5.14. The maximum Gasteiger partial charge on any atom is 0.0406 e. The van der Waals surface area contributed by atoms with E-state index < -0.39 is 0 Å². The van der Waals surface area contributed by atoms with E-state index in [1.54, 1.807) is 0 Å². The van der Waals surface area contributed by atoms with Gasteiger partial charge in [-0.25, -0.2) is 0 Å². The van der Waals surface area contributed by atoms with Gasteiger partial charge < -0.3 is 0 Å². The summed E-state index contributed by atoms with van der Waals surface area (Å²) in [5.41, 5.74) is 1.33. The molecule has 3 heteroatoms. The van der Waals surface area contributed by atoms with Gasteiger partial charge in [0.1, 0.15) is 0 Å². The Morgan fingerprint density at radius 1 is 1.27 bits per heavy atom. The number of halogens is 2. The lowest BCUT2D eigenvalue weighted by Gasteiger charge is -2.12. The first-order chi connectivity index (χ1) is 7.26. The zero-order valence-corrected chi connectivity index (χ0v) is 11.2. The topological polar surface area (TPSA) is 0 Å². The molecular weight excluding hydrogens is 247 g/mol. The van der Waals surface area contributed by atoms with E-state index in [2.05, 4.69) is 18.4 Å². The molecule has 0 aliphatic carbocycles. The van der Waals surface area contributed by atoms with Crippen molar-refractivity contribution in [2.45, 2.75) is 12.8 Å². The summed E-state index contributed by atoms with van der Waals surface area (Å²) >= 11 is 13.7. The summed E-state index contributed by atoms with van der Waals surface area (Å²) in [6.45, 7) is 0. The fraction of sp³-hybridized carbons (Fsp3) is 0.500. The fourth-order valence-electron chi connectivity index (χ4n) is 1.47. The normalized spacial score (nSPS) is 12.7. The lowest BCUT2D eigenvalue weighted by molar-refractivity contribution is 0.572. The third-order valence-corrected chi connectivity index (χ3v) is 3.72. The number of hydrogen-bond donors (Lipinski definition) is 0. The van der Waals surface area contributed by atoms with Crippen LogP contribution in [0.3, 0.4) is 0 Å². The lowest BCUT2D eigenvalue weighted by Crippen LogP contribution is -2.07. The van der Waals surface area contributed by atoms with E-state index in [-0.39, 0.29) is 0 Å². The van der Waals surface area contributed by atoms with Crippen LogP contribution in [0, 0.1) is 5.92 Å². The Hall–Kier alpha value is 0.150. The van der Waals surface area contributed by atoms with Gasteiger partial charge in [-0.1, -0.05) is 23.7 Å². The second-order valence-electron chi connectivity index (χ2n) is 3.63. The smallest absolute Gasteiger partial charge is 0.0406 e. The highest BCUT2D eigenvalue weighted by Crippen LogP contribution is 2.18. The first-order valence-electron chi connectivity index (χ1n) is 5.05. The maximum atomic E-state index is 5.95. The average Bonchev–Trinajstić information content (AvgIpc) is 2.27. The number of alkyl halides is 1. The molecule has 0 nitrogen and oxygen atoms in total. The van der Waals surface area contributed by atoms with Gasteiger partial charge in [0, 0.05) is 10.9 Å². The van der Waals surface area contributed by atoms with Gasteiger partial charge in [0.05, 0.1) is 0 Å². The molecule has 1 aromatic carbocycles. The third-order valence-electron chi connectivity index (χ3n) is 2.39. The Bertz CT molecular complexity index is 271. The zero-order valence-electron chi connectivity index (χ0n) is 8.88. The van der Waals surface area contributed by atoms with Crippen LogP contribution in [-0.2, 0) is 6.42 Å². The van der Waals surface area contributed by atoms with E-state index in [1.165, 1.54) is 17.7 Å². The van der Waals surface area contributed by atoms with Gasteiger partial charge in [0.25, 0.3) is 0 Å². The minimum atomic E-state index is 0.584. The molecule has 0 bridgehead atoms. The first kappa shape index (κ1) is 13.2.